The van der Waals surface area contributed by atoms with Crippen LogP contribution in [0.3, 0.4) is 0 Å². The molecule has 0 radical (unpaired) electrons. The molecule has 0 heterocycles. The first-order valence-electron chi connectivity index (χ1n) is 18.0. The third kappa shape index (κ3) is 10.0. The average Bonchev–Trinajstić information content (AvgIpc) is 3.70. The summed E-state index contributed by atoms with van der Waals surface area (Å²) in [6, 6.07) is 53.3. The summed E-state index contributed by atoms with van der Waals surface area (Å²) in [5.41, 5.74) is 8.45. The number of fused-ring (bicyclic) bond motifs is 4. The first-order valence-corrected chi connectivity index (χ1v) is 24.2. The van der Waals surface area contributed by atoms with Gasteiger partial charge in [-0.25, -0.2) is 0 Å². The molecule has 0 amide bonds. The predicted molar refractivity (Wildman–Crippen MR) is 234 cm³/mol. The zero-order chi connectivity index (χ0) is 35.2. The molecule has 0 saturated carbocycles. The fourth-order valence-electron chi connectivity index (χ4n) is 7.16. The molecule has 0 saturated heterocycles. The molecule has 0 nitrogen and oxygen atoms in total. The van der Waals surface area contributed by atoms with E-state index in [1.54, 1.807) is 23.3 Å². The maximum Gasteiger partial charge on any atom is -0.147 e. The Kier molecular flexibility index (Phi) is 15.3. The van der Waals surface area contributed by atoms with Gasteiger partial charge in [-0.15, -0.1) is 93.9 Å². The van der Waals surface area contributed by atoms with Crippen molar-refractivity contribution >= 4 is 73.3 Å². The van der Waals surface area contributed by atoms with E-state index in [1.165, 1.54) is 76.5 Å². The normalized spacial score (nSPS) is 10.8. The molecule has 0 fully saturated rings. The SMILES string of the molecule is CC(C)Cc1cc2c(-c3cccc4ccccc34)cccc2[cH-]1.CC(C)Cc1cc2c(-c3cccc4ccccc34)cccc2[cH-]1.C[Si](C)=[Zr+2].Cl.Cl. The largest absolute Gasteiger partial charge is 0.147 e. The number of benzene rings is 6. The van der Waals surface area contributed by atoms with E-state index in [4.69, 9.17) is 0 Å². The van der Waals surface area contributed by atoms with E-state index in [-0.39, 0.29) is 30.2 Å². The standard InChI is InChI=1S/2C23H21.C2H6Si.2ClH.Zr/c2*1-16(2)13-17-14-19-9-6-12-22(23(19)15-17)21-11-5-8-18-7-3-4-10-20(18)21;1-3-2;;;/h2*3-12,14-16H,13H2,1-2H3;1-2H3;2*1H;/q2*-1;;;;+2. The monoisotopic (exact) mass is 814 g/mol. The molecule has 0 aliphatic rings. The zero-order valence-electron chi connectivity index (χ0n) is 31.2. The van der Waals surface area contributed by atoms with Crippen molar-refractivity contribution in [3.63, 3.8) is 0 Å². The molecule has 4 heteroatoms. The Hall–Kier alpha value is -3.26. The minimum atomic E-state index is 0. The summed E-state index contributed by atoms with van der Waals surface area (Å²) in [5, 5.41) is 10.7. The van der Waals surface area contributed by atoms with E-state index in [2.05, 4.69) is 186 Å². The Labute approximate surface area is 338 Å². The van der Waals surface area contributed by atoms with Crippen molar-refractivity contribution < 1.29 is 23.3 Å². The zero-order valence-corrected chi connectivity index (χ0v) is 36.3. The van der Waals surface area contributed by atoms with Gasteiger partial charge in [-0.05, 0) is 57.3 Å². The molecule has 0 N–H and O–H groups in total. The van der Waals surface area contributed by atoms with Gasteiger partial charge in [0.2, 0.25) is 0 Å². The van der Waals surface area contributed by atoms with Crippen molar-refractivity contribution in [2.24, 2.45) is 11.8 Å². The van der Waals surface area contributed by atoms with E-state index < -0.39 is 0 Å². The maximum absolute atomic E-state index is 2.38. The minimum absolute atomic E-state index is 0. The van der Waals surface area contributed by atoms with Crippen molar-refractivity contribution in [1.82, 2.24) is 0 Å². The quantitative estimate of drug-likeness (QED) is 0.116. The molecule has 8 rings (SSSR count). The van der Waals surface area contributed by atoms with Crippen molar-refractivity contribution in [1.29, 1.82) is 0 Å². The van der Waals surface area contributed by atoms with Crippen LogP contribution in [-0.4, -0.2) is 5.43 Å². The number of halogens is 2. The molecule has 0 bridgehead atoms. The van der Waals surface area contributed by atoms with Gasteiger partial charge in [-0.1, -0.05) is 136 Å². The van der Waals surface area contributed by atoms with Crippen LogP contribution >= 0.6 is 24.8 Å². The summed E-state index contributed by atoms with van der Waals surface area (Å²) >= 11 is 1.74. The average molecular weight is 817 g/mol. The van der Waals surface area contributed by atoms with E-state index >= 15 is 0 Å². The fraction of sp³-hybridized carbons (Fsp3) is 0.208. The van der Waals surface area contributed by atoms with Crippen LogP contribution in [0.15, 0.2) is 146 Å². The first-order chi connectivity index (χ1) is 24.2. The van der Waals surface area contributed by atoms with Gasteiger partial charge >= 0.3 is 41.9 Å². The Balaban J connectivity index is 0.000000204. The third-order valence-corrected chi connectivity index (χ3v) is 9.07. The van der Waals surface area contributed by atoms with E-state index in [0.717, 1.165) is 12.8 Å². The second-order valence-corrected chi connectivity index (χ2v) is 24.0. The van der Waals surface area contributed by atoms with Gasteiger partial charge in [-0.2, -0.15) is 12.1 Å². The van der Waals surface area contributed by atoms with E-state index in [1.807, 2.05) is 0 Å². The van der Waals surface area contributed by atoms with Crippen LogP contribution in [0.2, 0.25) is 13.1 Å². The van der Waals surface area contributed by atoms with E-state index in [9.17, 15) is 0 Å². The molecule has 52 heavy (non-hydrogen) atoms. The second kappa shape index (κ2) is 19.2. The van der Waals surface area contributed by atoms with Crippen molar-refractivity contribution in [2.75, 3.05) is 0 Å². The molecular weight excluding hydrogens is 767 g/mol. The summed E-state index contributed by atoms with van der Waals surface area (Å²) < 4.78 is 0. The third-order valence-electron chi connectivity index (χ3n) is 9.07. The van der Waals surface area contributed by atoms with Gasteiger partial charge in [0.25, 0.3) is 0 Å². The fourth-order valence-corrected chi connectivity index (χ4v) is 7.16. The van der Waals surface area contributed by atoms with Crippen LogP contribution in [0.25, 0.3) is 65.3 Å². The van der Waals surface area contributed by atoms with Gasteiger partial charge in [-0.3, -0.25) is 0 Å². The van der Waals surface area contributed by atoms with Crippen LogP contribution in [0.4, 0.5) is 0 Å². The van der Waals surface area contributed by atoms with Gasteiger partial charge < -0.3 is 0 Å². The summed E-state index contributed by atoms with van der Waals surface area (Å²) in [6.45, 7) is 13.7. The van der Waals surface area contributed by atoms with Crippen LogP contribution in [0.1, 0.15) is 38.8 Å². The molecular formula is C48H50Cl2SiZr. The summed E-state index contributed by atoms with van der Waals surface area (Å²) in [7, 11) is 0. The van der Waals surface area contributed by atoms with Crippen molar-refractivity contribution in [2.45, 2.75) is 53.6 Å². The van der Waals surface area contributed by atoms with E-state index in [0.29, 0.717) is 11.8 Å². The van der Waals surface area contributed by atoms with Crippen LogP contribution < -0.4 is 0 Å². The van der Waals surface area contributed by atoms with Gasteiger partial charge in [0.1, 0.15) is 0 Å². The Morgan fingerprint density at radius 2 is 0.769 bits per heavy atom. The molecule has 0 aliphatic carbocycles. The smallest absolute Gasteiger partial charge is 0.147 e. The summed E-state index contributed by atoms with van der Waals surface area (Å²) in [6.07, 6.45) is 2.29. The predicted octanol–water partition coefficient (Wildman–Crippen LogP) is 14.8. The first kappa shape index (κ1) is 41.5. The molecule has 0 atom stereocenters. The summed E-state index contributed by atoms with van der Waals surface area (Å²) in [5.74, 6) is 1.38. The Morgan fingerprint density at radius 3 is 1.13 bits per heavy atom. The van der Waals surface area contributed by atoms with Crippen LogP contribution in [0, 0.1) is 11.8 Å². The van der Waals surface area contributed by atoms with Crippen molar-refractivity contribution in [3.05, 3.63) is 157 Å². The molecule has 8 aromatic rings. The van der Waals surface area contributed by atoms with Crippen LogP contribution in [-0.2, 0) is 36.2 Å². The molecule has 8 aromatic carbocycles. The maximum atomic E-state index is 2.38. The summed E-state index contributed by atoms with van der Waals surface area (Å²) in [4.78, 5) is 0. The van der Waals surface area contributed by atoms with Crippen LogP contribution in [0.5, 0.6) is 0 Å². The molecule has 0 spiro atoms. The molecule has 0 aliphatic heterocycles. The second-order valence-electron chi connectivity index (χ2n) is 14.6. The minimum Gasteiger partial charge on any atom is -0.147 e. The number of hydrogen-bond donors (Lipinski definition) is 0. The number of rotatable bonds is 6. The molecule has 0 unspecified atom stereocenters. The number of hydrogen-bond acceptors (Lipinski definition) is 0. The Morgan fingerprint density at radius 1 is 0.462 bits per heavy atom. The van der Waals surface area contributed by atoms with Crippen molar-refractivity contribution in [3.8, 4) is 22.3 Å². The van der Waals surface area contributed by atoms with Gasteiger partial charge in [0.15, 0.2) is 0 Å². The van der Waals surface area contributed by atoms with Gasteiger partial charge in [0.05, 0.1) is 0 Å². The van der Waals surface area contributed by atoms with Gasteiger partial charge in [0, 0.05) is 0 Å². The Bertz CT molecular complexity index is 2220. The molecule has 0 aromatic heterocycles. The molecule has 264 valence electrons. The topological polar surface area (TPSA) is 0 Å².